The Morgan fingerprint density at radius 1 is 1.04 bits per heavy atom. The lowest BCUT2D eigenvalue weighted by molar-refractivity contribution is 0.985. The first-order chi connectivity index (χ1) is 12.3. The molecule has 2 aromatic carbocycles. The van der Waals surface area contributed by atoms with Gasteiger partial charge in [-0.3, -0.25) is 0 Å². The first kappa shape index (κ1) is 15.1. The summed E-state index contributed by atoms with van der Waals surface area (Å²) in [5.74, 6) is 0.490. The van der Waals surface area contributed by atoms with Gasteiger partial charge < -0.3 is 0 Å². The second kappa shape index (κ2) is 5.95. The van der Waals surface area contributed by atoms with Crippen molar-refractivity contribution in [2.45, 2.75) is 31.9 Å². The van der Waals surface area contributed by atoms with Gasteiger partial charge in [-0.2, -0.15) is 0 Å². The molecule has 0 N–H and O–H groups in total. The van der Waals surface area contributed by atoms with Gasteiger partial charge >= 0.3 is 0 Å². The quantitative estimate of drug-likeness (QED) is 0.697. The SMILES string of the molecule is CC1[B]c2ccccc2/C1=C/C=C1\C[B]c2ccc3c(c21)C=CCC3. The first-order valence-corrected chi connectivity index (χ1v) is 9.32. The molecular weight excluding hydrogens is 298 g/mol. The molecule has 0 nitrogen and oxygen atoms in total. The summed E-state index contributed by atoms with van der Waals surface area (Å²) < 4.78 is 0. The van der Waals surface area contributed by atoms with E-state index in [9.17, 15) is 0 Å². The van der Waals surface area contributed by atoms with Gasteiger partial charge in [0.15, 0.2) is 14.6 Å². The third-order valence-electron chi connectivity index (χ3n) is 5.75. The standard InChI is InChI=1S/C23H20B2/c1-15-18(20-8-4-5-9-21(20)25-15)12-10-17-14-24-22-13-11-16-6-2-3-7-19(16)23(17)22/h3-5,7-13,15H,2,6,14H2,1H3/b17-10+,18-12+. The number of benzene rings is 2. The Kier molecular flexibility index (Phi) is 3.59. The predicted octanol–water partition coefficient (Wildman–Crippen LogP) is 4.03. The van der Waals surface area contributed by atoms with Crippen molar-refractivity contribution in [3.05, 3.63) is 76.9 Å². The second-order valence-corrected chi connectivity index (χ2v) is 7.31. The molecule has 5 rings (SSSR count). The lowest BCUT2D eigenvalue weighted by Gasteiger charge is -2.16. The maximum absolute atomic E-state index is 2.38. The van der Waals surface area contributed by atoms with Gasteiger partial charge in [-0.15, -0.1) is 0 Å². The minimum absolute atomic E-state index is 0.490. The molecule has 2 radical (unpaired) electrons. The fraction of sp³-hybridized carbons (Fsp3) is 0.217. The summed E-state index contributed by atoms with van der Waals surface area (Å²) in [5, 5.41) is 0. The van der Waals surface area contributed by atoms with E-state index in [-0.39, 0.29) is 0 Å². The van der Waals surface area contributed by atoms with Crippen molar-refractivity contribution in [1.82, 2.24) is 0 Å². The Hall–Kier alpha value is -2.21. The van der Waals surface area contributed by atoms with Crippen LogP contribution in [0.1, 0.15) is 35.6 Å². The lowest BCUT2D eigenvalue weighted by atomic mass is 9.64. The highest BCUT2D eigenvalue weighted by Crippen LogP contribution is 2.35. The van der Waals surface area contributed by atoms with Crippen molar-refractivity contribution in [2.24, 2.45) is 0 Å². The van der Waals surface area contributed by atoms with Crippen LogP contribution in [0, 0.1) is 0 Å². The van der Waals surface area contributed by atoms with Gasteiger partial charge in [0, 0.05) is 0 Å². The predicted molar refractivity (Wildman–Crippen MR) is 111 cm³/mol. The smallest absolute Gasteiger partial charge is 0.0836 e. The molecule has 25 heavy (non-hydrogen) atoms. The van der Waals surface area contributed by atoms with Crippen LogP contribution in [0.3, 0.4) is 0 Å². The molecule has 0 fully saturated rings. The van der Waals surface area contributed by atoms with E-state index in [1.165, 1.54) is 57.2 Å². The largest absolute Gasteiger partial charge is 0.161 e. The number of allylic oxidation sites excluding steroid dienone is 5. The Morgan fingerprint density at radius 2 is 1.96 bits per heavy atom. The summed E-state index contributed by atoms with van der Waals surface area (Å²) in [6.07, 6.45) is 12.8. The van der Waals surface area contributed by atoms with Crippen LogP contribution in [0.4, 0.5) is 0 Å². The summed E-state index contributed by atoms with van der Waals surface area (Å²) in [6.45, 7) is 2.30. The average Bonchev–Trinajstić information content (AvgIpc) is 3.20. The number of aryl methyl sites for hydroxylation is 1. The van der Waals surface area contributed by atoms with Crippen molar-refractivity contribution in [1.29, 1.82) is 0 Å². The fourth-order valence-electron chi connectivity index (χ4n) is 4.47. The van der Waals surface area contributed by atoms with E-state index in [1.807, 2.05) is 0 Å². The van der Waals surface area contributed by atoms with Crippen LogP contribution in [0.5, 0.6) is 0 Å². The zero-order chi connectivity index (χ0) is 16.8. The van der Waals surface area contributed by atoms with Gasteiger partial charge in [-0.1, -0.05) is 78.6 Å². The summed E-state index contributed by atoms with van der Waals surface area (Å²) in [5.41, 5.74) is 11.5. The molecule has 1 aliphatic carbocycles. The molecule has 3 aliphatic rings. The fourth-order valence-corrected chi connectivity index (χ4v) is 4.47. The van der Waals surface area contributed by atoms with Crippen molar-refractivity contribution in [2.75, 3.05) is 0 Å². The highest BCUT2D eigenvalue weighted by molar-refractivity contribution is 6.62. The van der Waals surface area contributed by atoms with Crippen LogP contribution in [0.15, 0.2) is 54.6 Å². The average molecular weight is 318 g/mol. The number of hydrogen-bond acceptors (Lipinski definition) is 0. The minimum atomic E-state index is 0.490. The molecule has 1 unspecified atom stereocenters. The van der Waals surface area contributed by atoms with Gasteiger partial charge in [0.05, 0.1) is 0 Å². The van der Waals surface area contributed by atoms with Crippen LogP contribution in [0.25, 0.3) is 17.2 Å². The topological polar surface area (TPSA) is 0 Å². The van der Waals surface area contributed by atoms with Gasteiger partial charge in [-0.25, -0.2) is 0 Å². The van der Waals surface area contributed by atoms with E-state index in [0.29, 0.717) is 5.82 Å². The normalized spacial score (nSPS) is 23.2. The maximum atomic E-state index is 2.38. The third-order valence-corrected chi connectivity index (χ3v) is 5.75. The van der Waals surface area contributed by atoms with Gasteiger partial charge in [0.2, 0.25) is 0 Å². The Labute approximate surface area is 151 Å². The van der Waals surface area contributed by atoms with Crippen molar-refractivity contribution < 1.29 is 0 Å². The molecule has 118 valence electrons. The zero-order valence-electron chi connectivity index (χ0n) is 14.6. The van der Waals surface area contributed by atoms with E-state index >= 15 is 0 Å². The van der Waals surface area contributed by atoms with Crippen LogP contribution in [-0.2, 0) is 6.42 Å². The Morgan fingerprint density at radius 3 is 2.92 bits per heavy atom. The highest BCUT2D eigenvalue weighted by Gasteiger charge is 2.25. The summed E-state index contributed by atoms with van der Waals surface area (Å²) in [4.78, 5) is 0. The van der Waals surface area contributed by atoms with E-state index in [4.69, 9.17) is 0 Å². The Balaban J connectivity index is 1.58. The number of hydrogen-bond donors (Lipinski definition) is 0. The molecule has 0 amide bonds. The van der Waals surface area contributed by atoms with Crippen molar-refractivity contribution in [3.8, 4) is 0 Å². The van der Waals surface area contributed by atoms with Crippen LogP contribution in [-0.4, -0.2) is 14.6 Å². The molecule has 2 heterocycles. The molecular formula is C23H20B2. The maximum Gasteiger partial charge on any atom is 0.161 e. The first-order valence-electron chi connectivity index (χ1n) is 9.32. The van der Waals surface area contributed by atoms with Crippen LogP contribution >= 0.6 is 0 Å². The molecule has 0 bridgehead atoms. The number of rotatable bonds is 1. The van der Waals surface area contributed by atoms with E-state index in [0.717, 1.165) is 6.32 Å². The highest BCUT2D eigenvalue weighted by atomic mass is 14.2. The monoisotopic (exact) mass is 318 g/mol. The third kappa shape index (κ3) is 2.47. The molecule has 0 saturated carbocycles. The van der Waals surface area contributed by atoms with Crippen LogP contribution < -0.4 is 10.9 Å². The molecule has 2 aliphatic heterocycles. The van der Waals surface area contributed by atoms with E-state index in [2.05, 4.69) is 82.2 Å². The molecule has 0 aromatic heterocycles. The minimum Gasteiger partial charge on any atom is -0.0836 e. The summed E-state index contributed by atoms with van der Waals surface area (Å²) in [7, 11) is 4.75. The molecule has 0 spiro atoms. The summed E-state index contributed by atoms with van der Waals surface area (Å²) in [6, 6.07) is 13.4. The lowest BCUT2D eigenvalue weighted by Crippen LogP contribution is -2.13. The van der Waals surface area contributed by atoms with E-state index in [1.54, 1.807) is 0 Å². The summed E-state index contributed by atoms with van der Waals surface area (Å²) >= 11 is 0. The van der Waals surface area contributed by atoms with Gasteiger partial charge in [0.25, 0.3) is 0 Å². The molecule has 1 atom stereocenters. The molecule has 2 aromatic rings. The number of fused-ring (bicyclic) bond motifs is 4. The molecule has 0 saturated heterocycles. The molecule has 2 heteroatoms. The van der Waals surface area contributed by atoms with Gasteiger partial charge in [-0.05, 0) is 58.4 Å². The second-order valence-electron chi connectivity index (χ2n) is 7.31. The van der Waals surface area contributed by atoms with Gasteiger partial charge in [0.1, 0.15) is 0 Å². The zero-order valence-corrected chi connectivity index (χ0v) is 14.6. The van der Waals surface area contributed by atoms with Crippen molar-refractivity contribution in [3.63, 3.8) is 0 Å². The Bertz CT molecular complexity index is 947. The van der Waals surface area contributed by atoms with Crippen molar-refractivity contribution >= 4 is 42.7 Å². The van der Waals surface area contributed by atoms with E-state index < -0.39 is 0 Å². The van der Waals surface area contributed by atoms with Crippen LogP contribution in [0.2, 0.25) is 12.1 Å².